The van der Waals surface area contributed by atoms with Gasteiger partial charge in [-0.1, -0.05) is 19.8 Å². The first-order valence-corrected chi connectivity index (χ1v) is 8.32. The molecule has 0 aliphatic heterocycles. The molecule has 1 N–H and O–H groups in total. The average molecular weight is 326 g/mol. The van der Waals surface area contributed by atoms with Gasteiger partial charge in [-0.2, -0.15) is 0 Å². The fourth-order valence-corrected chi connectivity index (χ4v) is 4.64. The third-order valence-corrected chi connectivity index (χ3v) is 5.87. The van der Waals surface area contributed by atoms with Gasteiger partial charge in [0, 0.05) is 6.04 Å². The number of thiophene rings is 1. The Balaban J connectivity index is 2.65. The van der Waals surface area contributed by atoms with Crippen molar-refractivity contribution in [2.24, 2.45) is 0 Å². The van der Waals surface area contributed by atoms with Gasteiger partial charge in [0.2, 0.25) is 10.0 Å². The molecule has 0 radical (unpaired) electrons. The van der Waals surface area contributed by atoms with Crippen molar-refractivity contribution in [2.75, 3.05) is 0 Å². The normalized spacial score (nSPS) is 13.9. The molecule has 0 aromatic carbocycles. The van der Waals surface area contributed by atoms with E-state index in [1.54, 1.807) is 12.1 Å². The van der Waals surface area contributed by atoms with Gasteiger partial charge in [0.05, 0.1) is 3.79 Å². The summed E-state index contributed by atoms with van der Waals surface area (Å²) in [7, 11) is -3.33. The largest absolute Gasteiger partial charge is 0.250 e. The number of rotatable bonds is 6. The van der Waals surface area contributed by atoms with Gasteiger partial charge in [-0.25, -0.2) is 13.1 Å². The van der Waals surface area contributed by atoms with Gasteiger partial charge < -0.3 is 0 Å². The molecular formula is C10H16BrNO2S2. The molecule has 0 bridgehead atoms. The van der Waals surface area contributed by atoms with E-state index >= 15 is 0 Å². The topological polar surface area (TPSA) is 46.2 Å². The first kappa shape index (κ1) is 14.2. The highest BCUT2D eigenvalue weighted by molar-refractivity contribution is 9.11. The summed E-state index contributed by atoms with van der Waals surface area (Å²) in [6.45, 7) is 3.99. The van der Waals surface area contributed by atoms with Crippen LogP contribution < -0.4 is 4.72 Å². The van der Waals surface area contributed by atoms with Gasteiger partial charge in [0.25, 0.3) is 0 Å². The number of halogens is 1. The standard InChI is InChI=1S/C10H16BrNO2S2/c1-3-4-5-8(2)12-16(13,14)10-7-6-9(11)15-10/h6-8,12H,3-5H2,1-2H3. The molecule has 0 aliphatic carbocycles. The van der Waals surface area contributed by atoms with Crippen LogP contribution in [0.2, 0.25) is 0 Å². The van der Waals surface area contributed by atoms with Crippen LogP contribution in [-0.2, 0) is 10.0 Å². The van der Waals surface area contributed by atoms with E-state index in [9.17, 15) is 8.42 Å². The van der Waals surface area contributed by atoms with E-state index in [0.717, 1.165) is 23.0 Å². The third-order valence-electron chi connectivity index (χ3n) is 2.16. The van der Waals surface area contributed by atoms with Crippen LogP contribution in [0.3, 0.4) is 0 Å². The second-order valence-electron chi connectivity index (χ2n) is 3.72. The summed E-state index contributed by atoms with van der Waals surface area (Å²) in [4.78, 5) is 0. The Morgan fingerprint density at radius 2 is 2.19 bits per heavy atom. The maximum atomic E-state index is 11.9. The summed E-state index contributed by atoms with van der Waals surface area (Å²) >= 11 is 4.49. The van der Waals surface area contributed by atoms with E-state index in [-0.39, 0.29) is 6.04 Å². The minimum Gasteiger partial charge on any atom is -0.208 e. The van der Waals surface area contributed by atoms with Gasteiger partial charge in [-0.3, -0.25) is 0 Å². The lowest BCUT2D eigenvalue weighted by molar-refractivity contribution is 0.535. The van der Waals surface area contributed by atoms with Crippen molar-refractivity contribution in [1.82, 2.24) is 4.72 Å². The Morgan fingerprint density at radius 3 is 2.69 bits per heavy atom. The van der Waals surface area contributed by atoms with Crippen LogP contribution in [-0.4, -0.2) is 14.5 Å². The predicted octanol–water partition coefficient (Wildman–Crippen LogP) is 3.37. The maximum Gasteiger partial charge on any atom is 0.250 e. The number of sulfonamides is 1. The van der Waals surface area contributed by atoms with E-state index in [1.807, 2.05) is 6.92 Å². The van der Waals surface area contributed by atoms with Crippen molar-refractivity contribution in [2.45, 2.75) is 43.4 Å². The highest BCUT2D eigenvalue weighted by Crippen LogP contribution is 2.26. The molecule has 1 heterocycles. The van der Waals surface area contributed by atoms with Crippen LogP contribution in [0.1, 0.15) is 33.1 Å². The third kappa shape index (κ3) is 4.16. The fraction of sp³-hybridized carbons (Fsp3) is 0.600. The summed E-state index contributed by atoms with van der Waals surface area (Å²) in [6.07, 6.45) is 3.00. The molecule has 1 atom stereocenters. The van der Waals surface area contributed by atoms with E-state index < -0.39 is 10.0 Å². The average Bonchev–Trinajstić information content (AvgIpc) is 2.62. The lowest BCUT2D eigenvalue weighted by atomic mass is 10.2. The molecule has 0 fully saturated rings. The summed E-state index contributed by atoms with van der Waals surface area (Å²) < 4.78 is 27.7. The van der Waals surface area contributed by atoms with E-state index in [0.29, 0.717) is 4.21 Å². The van der Waals surface area contributed by atoms with Crippen molar-refractivity contribution < 1.29 is 8.42 Å². The molecule has 92 valence electrons. The molecular weight excluding hydrogens is 310 g/mol. The molecule has 3 nitrogen and oxygen atoms in total. The van der Waals surface area contributed by atoms with Crippen molar-refractivity contribution in [3.05, 3.63) is 15.9 Å². The molecule has 1 aromatic rings. The highest BCUT2D eigenvalue weighted by Gasteiger charge is 2.18. The molecule has 1 unspecified atom stereocenters. The summed E-state index contributed by atoms with van der Waals surface area (Å²) in [5, 5.41) is 0. The van der Waals surface area contributed by atoms with Crippen molar-refractivity contribution in [3.63, 3.8) is 0 Å². The Hall–Kier alpha value is 0.0900. The van der Waals surface area contributed by atoms with Crippen molar-refractivity contribution in [3.8, 4) is 0 Å². The molecule has 1 rings (SSSR count). The van der Waals surface area contributed by atoms with Crippen LogP contribution in [0.25, 0.3) is 0 Å². The first-order chi connectivity index (χ1) is 7.45. The predicted molar refractivity (Wildman–Crippen MR) is 71.3 cm³/mol. The molecule has 0 saturated heterocycles. The van der Waals surface area contributed by atoms with E-state index in [1.165, 1.54) is 11.3 Å². The smallest absolute Gasteiger partial charge is 0.208 e. The number of nitrogens with one attached hydrogen (secondary N) is 1. The SMILES string of the molecule is CCCCC(C)NS(=O)(=O)c1ccc(Br)s1. The number of hydrogen-bond donors (Lipinski definition) is 1. The van der Waals surface area contributed by atoms with E-state index in [4.69, 9.17) is 0 Å². The van der Waals surface area contributed by atoms with Crippen molar-refractivity contribution in [1.29, 1.82) is 0 Å². The maximum absolute atomic E-state index is 11.9. The molecule has 6 heteroatoms. The first-order valence-electron chi connectivity index (χ1n) is 5.23. The van der Waals surface area contributed by atoms with Gasteiger partial charge in [0.1, 0.15) is 4.21 Å². The second kappa shape index (κ2) is 6.14. The zero-order valence-corrected chi connectivity index (χ0v) is 12.6. The Labute approximate surface area is 109 Å². The Morgan fingerprint density at radius 1 is 1.50 bits per heavy atom. The molecule has 0 amide bonds. The lowest BCUT2D eigenvalue weighted by Crippen LogP contribution is -2.32. The lowest BCUT2D eigenvalue weighted by Gasteiger charge is -2.12. The summed E-state index contributed by atoms with van der Waals surface area (Å²) in [5.74, 6) is 0. The van der Waals surface area contributed by atoms with Crippen molar-refractivity contribution >= 4 is 37.3 Å². The summed E-state index contributed by atoms with van der Waals surface area (Å²) in [6, 6.07) is 3.35. The quantitative estimate of drug-likeness (QED) is 0.871. The zero-order chi connectivity index (χ0) is 12.2. The zero-order valence-electron chi connectivity index (χ0n) is 9.36. The van der Waals surface area contributed by atoms with Gasteiger partial charge >= 0.3 is 0 Å². The minimum atomic E-state index is -3.33. The second-order valence-corrected chi connectivity index (χ2v) is 8.13. The van der Waals surface area contributed by atoms with Crippen LogP contribution in [0.4, 0.5) is 0 Å². The molecule has 0 aliphatic rings. The molecule has 1 aromatic heterocycles. The molecule has 0 spiro atoms. The Bertz CT molecular complexity index is 428. The van der Waals surface area contributed by atoms with Crippen LogP contribution >= 0.6 is 27.3 Å². The van der Waals surface area contributed by atoms with Gasteiger partial charge in [-0.15, -0.1) is 11.3 Å². The minimum absolute atomic E-state index is 0.00849. The van der Waals surface area contributed by atoms with Gasteiger partial charge in [-0.05, 0) is 41.4 Å². The fourth-order valence-electron chi connectivity index (χ4n) is 1.33. The van der Waals surface area contributed by atoms with E-state index in [2.05, 4.69) is 27.6 Å². The Kier molecular flexibility index (Phi) is 5.43. The number of unbranched alkanes of at least 4 members (excludes halogenated alkanes) is 1. The van der Waals surface area contributed by atoms with Crippen LogP contribution in [0, 0.1) is 0 Å². The monoisotopic (exact) mass is 325 g/mol. The molecule has 0 saturated carbocycles. The van der Waals surface area contributed by atoms with Crippen LogP contribution in [0.15, 0.2) is 20.1 Å². The molecule has 16 heavy (non-hydrogen) atoms. The van der Waals surface area contributed by atoms with Gasteiger partial charge in [0.15, 0.2) is 0 Å². The summed E-state index contributed by atoms with van der Waals surface area (Å²) in [5.41, 5.74) is 0. The number of hydrogen-bond acceptors (Lipinski definition) is 3. The van der Waals surface area contributed by atoms with Crippen LogP contribution in [0.5, 0.6) is 0 Å². The highest BCUT2D eigenvalue weighted by atomic mass is 79.9.